The molecule has 1 unspecified atom stereocenters. The third-order valence-corrected chi connectivity index (χ3v) is 4.11. The van der Waals surface area contributed by atoms with Gasteiger partial charge < -0.3 is 15.3 Å². The largest absolute Gasteiger partial charge is 0.481 e. The predicted molar refractivity (Wildman–Crippen MR) is 78.6 cm³/mol. The molecule has 112 valence electrons. The summed E-state index contributed by atoms with van der Waals surface area (Å²) in [6.45, 7) is 3.45. The first-order valence-corrected chi connectivity index (χ1v) is 7.24. The van der Waals surface area contributed by atoms with E-state index < -0.39 is 5.97 Å². The highest BCUT2D eigenvalue weighted by Crippen LogP contribution is 2.38. The monoisotopic (exact) mass is 289 g/mol. The van der Waals surface area contributed by atoms with Crippen molar-refractivity contribution >= 4 is 17.7 Å². The van der Waals surface area contributed by atoms with Gasteiger partial charge in [-0.1, -0.05) is 18.2 Å². The summed E-state index contributed by atoms with van der Waals surface area (Å²) in [7, 11) is 0. The third kappa shape index (κ3) is 2.71. The van der Waals surface area contributed by atoms with Crippen LogP contribution in [0.5, 0.6) is 0 Å². The van der Waals surface area contributed by atoms with Crippen molar-refractivity contribution in [1.82, 2.24) is 10.2 Å². The zero-order chi connectivity index (χ0) is 14.8. The average Bonchev–Trinajstić information content (AvgIpc) is 2.86. The zero-order valence-electron chi connectivity index (χ0n) is 11.8. The Labute approximate surface area is 123 Å². The molecule has 1 fully saturated rings. The number of fused-ring (bicyclic) bond motifs is 1. The van der Waals surface area contributed by atoms with E-state index in [1.54, 1.807) is 4.90 Å². The molecule has 2 N–H and O–H groups in total. The minimum atomic E-state index is -0.828. The maximum absolute atomic E-state index is 12.7. The molecule has 0 spiro atoms. The molecule has 2 aliphatic rings. The van der Waals surface area contributed by atoms with Crippen molar-refractivity contribution in [3.05, 3.63) is 29.8 Å². The molecule has 0 saturated carbocycles. The van der Waals surface area contributed by atoms with Gasteiger partial charge in [-0.2, -0.15) is 0 Å². The number of carboxylic acids is 1. The fraction of sp³-hybridized carbons (Fsp3) is 0.467. The number of para-hydroxylation sites is 1. The Balaban J connectivity index is 1.83. The molecule has 21 heavy (non-hydrogen) atoms. The van der Waals surface area contributed by atoms with Crippen molar-refractivity contribution in [2.75, 3.05) is 37.6 Å². The van der Waals surface area contributed by atoms with Crippen molar-refractivity contribution < 1.29 is 14.7 Å². The number of benzene rings is 1. The lowest BCUT2D eigenvalue weighted by atomic mass is 9.98. The molecule has 0 aromatic heterocycles. The number of hydrogen-bond acceptors (Lipinski definition) is 3. The standard InChI is InChI=1S/C15H19N3O3/c19-14(20)9-11-10-18(13-4-2-1-3-12(11)13)15(21)17-7-5-16-6-8-17/h1-4,11,16H,5-10H2,(H,19,20). The first-order chi connectivity index (χ1) is 10.2. The lowest BCUT2D eigenvalue weighted by Crippen LogP contribution is -2.51. The Hall–Kier alpha value is -2.08. The molecule has 1 aromatic carbocycles. The number of carbonyl (C=O) groups excluding carboxylic acids is 1. The molecule has 2 aliphatic heterocycles. The predicted octanol–water partition coefficient (Wildman–Crippen LogP) is 1.09. The normalized spacial score (nSPS) is 21.2. The number of amides is 2. The van der Waals surface area contributed by atoms with Crippen LogP contribution >= 0.6 is 0 Å². The van der Waals surface area contributed by atoms with Gasteiger partial charge in [0.15, 0.2) is 0 Å². The third-order valence-electron chi connectivity index (χ3n) is 4.11. The second-order valence-corrected chi connectivity index (χ2v) is 5.48. The van der Waals surface area contributed by atoms with E-state index in [2.05, 4.69) is 5.32 Å². The average molecular weight is 289 g/mol. The minimum absolute atomic E-state index is 0.0168. The molecule has 6 nitrogen and oxygen atoms in total. The Morgan fingerprint density at radius 1 is 1.24 bits per heavy atom. The highest BCUT2D eigenvalue weighted by atomic mass is 16.4. The van der Waals surface area contributed by atoms with Crippen LogP contribution in [0.25, 0.3) is 0 Å². The van der Waals surface area contributed by atoms with E-state index >= 15 is 0 Å². The number of nitrogens with zero attached hydrogens (tertiary/aromatic N) is 2. The molecule has 2 heterocycles. The summed E-state index contributed by atoms with van der Waals surface area (Å²) in [5.41, 5.74) is 1.82. The van der Waals surface area contributed by atoms with Crippen molar-refractivity contribution in [3.63, 3.8) is 0 Å². The Kier molecular flexibility index (Phi) is 3.79. The summed E-state index contributed by atoms with van der Waals surface area (Å²) in [6, 6.07) is 7.59. The van der Waals surface area contributed by atoms with Gasteiger partial charge >= 0.3 is 12.0 Å². The number of nitrogens with one attached hydrogen (secondary N) is 1. The molecular weight excluding hydrogens is 270 g/mol. The van der Waals surface area contributed by atoms with Gasteiger partial charge in [-0.25, -0.2) is 4.79 Å². The molecule has 1 aromatic rings. The number of hydrogen-bond donors (Lipinski definition) is 2. The van der Waals surface area contributed by atoms with Crippen LogP contribution in [0.15, 0.2) is 24.3 Å². The number of anilines is 1. The van der Waals surface area contributed by atoms with Gasteiger partial charge in [-0.15, -0.1) is 0 Å². The van der Waals surface area contributed by atoms with Gasteiger partial charge in [0.05, 0.1) is 6.42 Å². The molecule has 0 aliphatic carbocycles. The van der Waals surface area contributed by atoms with E-state index in [1.165, 1.54) is 0 Å². The summed E-state index contributed by atoms with van der Waals surface area (Å²) in [6.07, 6.45) is 0.0579. The summed E-state index contributed by atoms with van der Waals surface area (Å²) in [5, 5.41) is 12.3. The van der Waals surface area contributed by atoms with Gasteiger partial charge in [0.1, 0.15) is 0 Å². The zero-order valence-corrected chi connectivity index (χ0v) is 11.8. The molecule has 3 rings (SSSR count). The molecule has 0 radical (unpaired) electrons. The number of carboxylic acid groups (broad SMARTS) is 1. The van der Waals surface area contributed by atoms with E-state index in [9.17, 15) is 9.59 Å². The summed E-state index contributed by atoms with van der Waals surface area (Å²) >= 11 is 0. The smallest absolute Gasteiger partial charge is 0.324 e. The van der Waals surface area contributed by atoms with E-state index in [1.807, 2.05) is 29.2 Å². The minimum Gasteiger partial charge on any atom is -0.481 e. The van der Waals surface area contributed by atoms with E-state index in [4.69, 9.17) is 5.11 Å². The molecule has 2 amide bonds. The Morgan fingerprint density at radius 3 is 2.67 bits per heavy atom. The van der Waals surface area contributed by atoms with Gasteiger partial charge in [-0.05, 0) is 11.6 Å². The van der Waals surface area contributed by atoms with Crippen LogP contribution in [-0.2, 0) is 4.79 Å². The second kappa shape index (κ2) is 5.73. The summed E-state index contributed by atoms with van der Waals surface area (Å²) < 4.78 is 0. The van der Waals surface area contributed by atoms with E-state index in [0.717, 1.165) is 24.3 Å². The molecule has 6 heteroatoms. The number of urea groups is 1. The Bertz CT molecular complexity index is 555. The first kappa shape index (κ1) is 13.9. The van der Waals surface area contributed by atoms with Crippen LogP contribution in [0.4, 0.5) is 10.5 Å². The van der Waals surface area contributed by atoms with Gasteiger partial charge in [0, 0.05) is 44.3 Å². The SMILES string of the molecule is O=C(O)CC1CN(C(=O)N2CCNCC2)c2ccccc21. The lowest BCUT2D eigenvalue weighted by molar-refractivity contribution is -0.137. The Morgan fingerprint density at radius 2 is 1.95 bits per heavy atom. The van der Waals surface area contributed by atoms with Crippen molar-refractivity contribution in [2.45, 2.75) is 12.3 Å². The fourth-order valence-corrected chi connectivity index (χ4v) is 3.09. The maximum Gasteiger partial charge on any atom is 0.324 e. The molecule has 1 atom stereocenters. The number of rotatable bonds is 2. The van der Waals surface area contributed by atoms with Crippen LogP contribution in [0.1, 0.15) is 17.9 Å². The van der Waals surface area contributed by atoms with Gasteiger partial charge in [0.25, 0.3) is 0 Å². The number of aliphatic carboxylic acids is 1. The van der Waals surface area contributed by atoms with Crippen LogP contribution in [-0.4, -0.2) is 54.7 Å². The van der Waals surface area contributed by atoms with Crippen LogP contribution in [0.2, 0.25) is 0 Å². The van der Waals surface area contributed by atoms with Crippen LogP contribution in [0.3, 0.4) is 0 Å². The second-order valence-electron chi connectivity index (χ2n) is 5.48. The van der Waals surface area contributed by atoms with Crippen LogP contribution in [0, 0.1) is 0 Å². The van der Waals surface area contributed by atoms with E-state index in [0.29, 0.717) is 19.6 Å². The van der Waals surface area contributed by atoms with Gasteiger partial charge in [-0.3, -0.25) is 9.69 Å². The first-order valence-electron chi connectivity index (χ1n) is 7.24. The quantitative estimate of drug-likeness (QED) is 0.855. The van der Waals surface area contributed by atoms with Crippen LogP contribution < -0.4 is 10.2 Å². The topological polar surface area (TPSA) is 72.9 Å². The summed E-state index contributed by atoms with van der Waals surface area (Å²) in [5.74, 6) is -0.947. The summed E-state index contributed by atoms with van der Waals surface area (Å²) in [4.78, 5) is 27.3. The lowest BCUT2D eigenvalue weighted by Gasteiger charge is -2.31. The fourth-order valence-electron chi connectivity index (χ4n) is 3.09. The highest BCUT2D eigenvalue weighted by Gasteiger charge is 2.35. The molecule has 0 bridgehead atoms. The van der Waals surface area contributed by atoms with Crippen molar-refractivity contribution in [2.24, 2.45) is 0 Å². The molecular formula is C15H19N3O3. The van der Waals surface area contributed by atoms with Crippen molar-refractivity contribution in [1.29, 1.82) is 0 Å². The maximum atomic E-state index is 12.7. The number of piperazine rings is 1. The highest BCUT2D eigenvalue weighted by molar-refractivity contribution is 5.95. The van der Waals surface area contributed by atoms with E-state index in [-0.39, 0.29) is 18.4 Å². The number of carbonyl (C=O) groups is 2. The van der Waals surface area contributed by atoms with Gasteiger partial charge in [0.2, 0.25) is 0 Å². The van der Waals surface area contributed by atoms with Crippen molar-refractivity contribution in [3.8, 4) is 0 Å². The molecule has 1 saturated heterocycles.